The van der Waals surface area contributed by atoms with E-state index in [1.165, 1.54) is 6.07 Å². The number of alkyl carbamates (subject to hydrolysis) is 1. The SMILES string of the molecule is C[C@H]1c2cc(F)c(Cl)c3ccn(c23)C[C@H]1NC(=O)OC(C)(C)C. The second-order valence-electron chi connectivity index (χ2n) is 7.03. The molecular weight excluding hydrogens is 319 g/mol. The Kier molecular flexibility index (Phi) is 3.79. The first-order valence-electron chi connectivity index (χ1n) is 7.63. The van der Waals surface area contributed by atoms with Gasteiger partial charge >= 0.3 is 6.09 Å². The third-order valence-electron chi connectivity index (χ3n) is 4.15. The van der Waals surface area contributed by atoms with Crippen LogP contribution in [0.4, 0.5) is 9.18 Å². The molecule has 124 valence electrons. The van der Waals surface area contributed by atoms with Crippen LogP contribution in [0.2, 0.25) is 5.02 Å². The van der Waals surface area contributed by atoms with Gasteiger partial charge in [0.05, 0.1) is 16.6 Å². The highest BCUT2D eigenvalue weighted by atomic mass is 35.5. The van der Waals surface area contributed by atoms with Crippen LogP contribution < -0.4 is 5.32 Å². The second kappa shape index (κ2) is 5.41. The smallest absolute Gasteiger partial charge is 0.407 e. The summed E-state index contributed by atoms with van der Waals surface area (Å²) in [5.74, 6) is -0.476. The molecule has 2 aromatic rings. The molecule has 0 spiro atoms. The second-order valence-corrected chi connectivity index (χ2v) is 7.41. The highest BCUT2D eigenvalue weighted by Crippen LogP contribution is 2.38. The van der Waals surface area contributed by atoms with E-state index in [1.807, 2.05) is 44.5 Å². The molecule has 2 atom stereocenters. The van der Waals surface area contributed by atoms with E-state index in [2.05, 4.69) is 5.32 Å². The van der Waals surface area contributed by atoms with Gasteiger partial charge in [-0.2, -0.15) is 0 Å². The number of hydrogen-bond acceptors (Lipinski definition) is 2. The molecule has 0 saturated heterocycles. The lowest BCUT2D eigenvalue weighted by molar-refractivity contribution is 0.0491. The summed E-state index contributed by atoms with van der Waals surface area (Å²) in [6.45, 7) is 8.02. The first-order chi connectivity index (χ1) is 10.7. The lowest BCUT2D eigenvalue weighted by atomic mass is 9.89. The summed E-state index contributed by atoms with van der Waals surface area (Å²) < 4.78 is 21.4. The predicted molar refractivity (Wildman–Crippen MR) is 88.5 cm³/mol. The van der Waals surface area contributed by atoms with Gasteiger partial charge in [0.25, 0.3) is 0 Å². The van der Waals surface area contributed by atoms with Crippen molar-refractivity contribution in [3.8, 4) is 0 Å². The molecule has 1 amide bonds. The van der Waals surface area contributed by atoms with Crippen LogP contribution in [0.3, 0.4) is 0 Å². The first kappa shape index (κ1) is 16.1. The number of ether oxygens (including phenoxy) is 1. The Balaban J connectivity index is 1.91. The largest absolute Gasteiger partial charge is 0.444 e. The minimum Gasteiger partial charge on any atom is -0.444 e. The molecule has 1 aliphatic heterocycles. The van der Waals surface area contributed by atoms with Crippen molar-refractivity contribution in [1.82, 2.24) is 9.88 Å². The van der Waals surface area contributed by atoms with Crippen molar-refractivity contribution >= 4 is 28.6 Å². The maximum absolute atomic E-state index is 14.1. The minimum absolute atomic E-state index is 0.0424. The number of carbonyl (C=O) groups is 1. The molecule has 0 radical (unpaired) electrons. The third kappa shape index (κ3) is 2.90. The van der Waals surface area contributed by atoms with Crippen molar-refractivity contribution in [1.29, 1.82) is 0 Å². The lowest BCUT2D eigenvalue weighted by Gasteiger charge is -2.32. The van der Waals surface area contributed by atoms with E-state index in [4.69, 9.17) is 16.3 Å². The molecular formula is C17H20ClFN2O2. The Labute approximate surface area is 139 Å². The summed E-state index contributed by atoms with van der Waals surface area (Å²) in [4.78, 5) is 12.0. The Morgan fingerprint density at radius 2 is 2.17 bits per heavy atom. The summed E-state index contributed by atoms with van der Waals surface area (Å²) in [6.07, 6.45) is 1.41. The van der Waals surface area contributed by atoms with Crippen molar-refractivity contribution in [2.45, 2.75) is 51.8 Å². The van der Waals surface area contributed by atoms with Gasteiger partial charge in [-0.3, -0.25) is 0 Å². The highest BCUT2D eigenvalue weighted by molar-refractivity contribution is 6.35. The van der Waals surface area contributed by atoms with Crippen LogP contribution in [0, 0.1) is 5.82 Å². The molecule has 0 unspecified atom stereocenters. The number of nitrogens with zero attached hydrogens (tertiary/aromatic N) is 1. The van der Waals surface area contributed by atoms with Gasteiger partial charge in [-0.05, 0) is 38.5 Å². The van der Waals surface area contributed by atoms with Crippen LogP contribution in [0.1, 0.15) is 39.2 Å². The van der Waals surface area contributed by atoms with E-state index in [0.717, 1.165) is 11.1 Å². The first-order valence-corrected chi connectivity index (χ1v) is 8.01. The van der Waals surface area contributed by atoms with Crippen LogP contribution in [-0.4, -0.2) is 22.3 Å². The van der Waals surface area contributed by atoms with E-state index in [9.17, 15) is 9.18 Å². The summed E-state index contributed by atoms with van der Waals surface area (Å²) in [5, 5.41) is 3.75. The van der Waals surface area contributed by atoms with Crippen LogP contribution in [0.5, 0.6) is 0 Å². The molecule has 0 saturated carbocycles. The summed E-state index contributed by atoms with van der Waals surface area (Å²) in [6, 6.07) is 3.11. The number of rotatable bonds is 1. The van der Waals surface area contributed by atoms with Gasteiger partial charge in [0.15, 0.2) is 0 Å². The van der Waals surface area contributed by atoms with Gasteiger partial charge in [-0.15, -0.1) is 0 Å². The number of carbonyl (C=O) groups excluding carboxylic acids is 1. The average Bonchev–Trinajstić information content (AvgIpc) is 2.83. The van der Waals surface area contributed by atoms with Gasteiger partial charge in [0, 0.05) is 24.0 Å². The van der Waals surface area contributed by atoms with Crippen LogP contribution in [-0.2, 0) is 11.3 Å². The number of amides is 1. The standard InChI is InChI=1S/C17H20ClFN2O2/c1-9-11-7-12(19)14(18)10-5-6-21(15(10)11)8-13(9)20-16(22)23-17(2,3)4/h5-7,9,13H,8H2,1-4H3,(H,20,22)/t9-,13+/m0/s1. The summed E-state index contributed by atoms with van der Waals surface area (Å²) in [5.41, 5.74) is 1.23. The molecule has 1 aromatic carbocycles. The maximum atomic E-state index is 14.1. The van der Waals surface area contributed by atoms with E-state index >= 15 is 0 Å². The molecule has 1 aliphatic rings. The zero-order valence-electron chi connectivity index (χ0n) is 13.6. The van der Waals surface area contributed by atoms with E-state index in [0.29, 0.717) is 11.9 Å². The number of nitrogens with one attached hydrogen (secondary N) is 1. The van der Waals surface area contributed by atoms with E-state index in [-0.39, 0.29) is 17.0 Å². The maximum Gasteiger partial charge on any atom is 0.407 e. The molecule has 1 aromatic heterocycles. The topological polar surface area (TPSA) is 43.3 Å². The summed E-state index contributed by atoms with van der Waals surface area (Å²) >= 11 is 6.06. The van der Waals surface area contributed by atoms with E-state index in [1.54, 1.807) is 0 Å². The number of aromatic nitrogens is 1. The van der Waals surface area contributed by atoms with E-state index < -0.39 is 17.5 Å². The number of halogens is 2. The van der Waals surface area contributed by atoms with Gasteiger partial charge < -0.3 is 14.6 Å². The molecule has 23 heavy (non-hydrogen) atoms. The fourth-order valence-corrected chi connectivity index (χ4v) is 3.29. The van der Waals surface area contributed by atoms with Crippen LogP contribution in [0.25, 0.3) is 10.9 Å². The minimum atomic E-state index is -0.555. The molecule has 0 fully saturated rings. The molecule has 3 rings (SSSR count). The number of hydrogen-bond donors (Lipinski definition) is 1. The fraction of sp³-hybridized carbons (Fsp3) is 0.471. The normalized spacial score (nSPS) is 20.6. The highest BCUT2D eigenvalue weighted by Gasteiger charge is 2.31. The van der Waals surface area contributed by atoms with Crippen molar-refractivity contribution < 1.29 is 13.9 Å². The zero-order chi connectivity index (χ0) is 16.9. The average molecular weight is 339 g/mol. The van der Waals surface area contributed by atoms with Crippen LogP contribution in [0.15, 0.2) is 18.3 Å². The Morgan fingerprint density at radius 1 is 1.48 bits per heavy atom. The molecule has 6 heteroatoms. The predicted octanol–water partition coefficient (Wildman–Crippen LogP) is 4.44. The Bertz CT molecular complexity index is 779. The van der Waals surface area contributed by atoms with Gasteiger partial charge in [-0.25, -0.2) is 9.18 Å². The molecule has 0 bridgehead atoms. The summed E-state index contributed by atoms with van der Waals surface area (Å²) in [7, 11) is 0. The monoisotopic (exact) mass is 338 g/mol. The fourth-order valence-electron chi connectivity index (χ4n) is 3.08. The van der Waals surface area contributed by atoms with Crippen molar-refractivity contribution in [2.24, 2.45) is 0 Å². The Morgan fingerprint density at radius 3 is 2.83 bits per heavy atom. The zero-order valence-corrected chi connectivity index (χ0v) is 14.4. The van der Waals surface area contributed by atoms with Gasteiger partial charge in [-0.1, -0.05) is 18.5 Å². The van der Waals surface area contributed by atoms with Gasteiger partial charge in [0.2, 0.25) is 0 Å². The molecule has 0 aliphatic carbocycles. The van der Waals surface area contributed by atoms with Crippen molar-refractivity contribution in [3.05, 3.63) is 34.7 Å². The third-order valence-corrected chi connectivity index (χ3v) is 4.54. The van der Waals surface area contributed by atoms with Gasteiger partial charge in [0.1, 0.15) is 11.4 Å². The molecule has 2 heterocycles. The lowest BCUT2D eigenvalue weighted by Crippen LogP contribution is -2.45. The van der Waals surface area contributed by atoms with Crippen molar-refractivity contribution in [2.75, 3.05) is 0 Å². The van der Waals surface area contributed by atoms with Crippen molar-refractivity contribution in [3.63, 3.8) is 0 Å². The quantitative estimate of drug-likeness (QED) is 0.835. The molecule has 4 nitrogen and oxygen atoms in total. The number of benzene rings is 1. The molecule has 1 N–H and O–H groups in total. The van der Waals surface area contributed by atoms with Crippen LogP contribution >= 0.6 is 11.6 Å². The Hall–Kier alpha value is -1.75.